The lowest BCUT2D eigenvalue weighted by atomic mass is 10.2. The molecule has 0 fully saturated rings. The summed E-state index contributed by atoms with van der Waals surface area (Å²) in [6.07, 6.45) is 1.95. The van der Waals surface area contributed by atoms with Crippen LogP contribution >= 0.6 is 0 Å². The molecule has 0 heterocycles. The number of nitrogens with one attached hydrogen (secondary N) is 1. The fraction of sp³-hybridized carbons (Fsp3) is 0.500. The largest absolute Gasteiger partial charge is 0.497 e. The molecule has 0 aliphatic carbocycles. The number of methoxy groups -OCH3 is 1. The first-order valence-electron chi connectivity index (χ1n) is 6.25. The highest BCUT2D eigenvalue weighted by molar-refractivity contribution is 5.71. The molecular weight excluding hydrogens is 230 g/mol. The van der Waals surface area contributed by atoms with Crippen molar-refractivity contribution >= 4 is 5.97 Å². The molecule has 0 unspecified atom stereocenters. The van der Waals surface area contributed by atoms with E-state index in [1.54, 1.807) is 7.11 Å². The number of carbonyl (C=O) groups excluding carboxylic acids is 1. The van der Waals surface area contributed by atoms with E-state index < -0.39 is 0 Å². The summed E-state index contributed by atoms with van der Waals surface area (Å²) < 4.78 is 10.2. The van der Waals surface area contributed by atoms with Gasteiger partial charge in [0.05, 0.1) is 20.3 Å². The Hall–Kier alpha value is -1.55. The SMILES string of the molecule is CCCCOC(=O)CNCc1cccc(OC)c1. The van der Waals surface area contributed by atoms with Gasteiger partial charge in [-0.1, -0.05) is 25.5 Å². The first-order valence-corrected chi connectivity index (χ1v) is 6.25. The van der Waals surface area contributed by atoms with Gasteiger partial charge in [-0.15, -0.1) is 0 Å². The molecule has 0 atom stereocenters. The van der Waals surface area contributed by atoms with Crippen LogP contribution in [0.15, 0.2) is 24.3 Å². The van der Waals surface area contributed by atoms with Crippen LogP contribution in [-0.4, -0.2) is 26.2 Å². The number of carbonyl (C=O) groups is 1. The van der Waals surface area contributed by atoms with Gasteiger partial charge in [0.1, 0.15) is 5.75 Å². The van der Waals surface area contributed by atoms with Crippen molar-refractivity contribution in [3.8, 4) is 5.75 Å². The highest BCUT2D eigenvalue weighted by Crippen LogP contribution is 2.11. The standard InChI is InChI=1S/C14H21NO3/c1-3-4-8-18-14(16)11-15-10-12-6-5-7-13(9-12)17-2/h5-7,9,15H,3-4,8,10-11H2,1-2H3. The van der Waals surface area contributed by atoms with Crippen molar-refractivity contribution in [1.29, 1.82) is 0 Å². The van der Waals surface area contributed by atoms with E-state index in [1.165, 1.54) is 0 Å². The second kappa shape index (κ2) is 8.53. The van der Waals surface area contributed by atoms with Crippen molar-refractivity contribution in [3.05, 3.63) is 29.8 Å². The monoisotopic (exact) mass is 251 g/mol. The zero-order chi connectivity index (χ0) is 13.2. The van der Waals surface area contributed by atoms with Crippen LogP contribution in [0, 0.1) is 0 Å². The van der Waals surface area contributed by atoms with Crippen LogP contribution in [0.3, 0.4) is 0 Å². The van der Waals surface area contributed by atoms with Crippen LogP contribution in [0.2, 0.25) is 0 Å². The van der Waals surface area contributed by atoms with Crippen LogP contribution in [0.5, 0.6) is 5.75 Å². The summed E-state index contributed by atoms with van der Waals surface area (Å²) in [5.41, 5.74) is 1.08. The van der Waals surface area contributed by atoms with Crippen LogP contribution in [-0.2, 0) is 16.1 Å². The molecule has 1 aromatic rings. The molecule has 0 aliphatic rings. The van der Waals surface area contributed by atoms with E-state index in [9.17, 15) is 4.79 Å². The second-order valence-corrected chi connectivity index (χ2v) is 4.03. The first kappa shape index (κ1) is 14.5. The quantitative estimate of drug-likeness (QED) is 0.568. The molecule has 4 nitrogen and oxygen atoms in total. The predicted molar refractivity (Wildman–Crippen MR) is 70.6 cm³/mol. The molecule has 100 valence electrons. The van der Waals surface area contributed by atoms with E-state index in [-0.39, 0.29) is 12.5 Å². The Bertz CT molecular complexity index is 366. The summed E-state index contributed by atoms with van der Waals surface area (Å²) in [5, 5.41) is 3.05. The lowest BCUT2D eigenvalue weighted by molar-refractivity contribution is -0.142. The summed E-state index contributed by atoms with van der Waals surface area (Å²) in [6.45, 7) is 3.44. The lowest BCUT2D eigenvalue weighted by Gasteiger charge is -2.07. The molecule has 0 aromatic heterocycles. The number of ether oxygens (including phenoxy) is 2. The van der Waals surface area contributed by atoms with Crippen LogP contribution in [0.25, 0.3) is 0 Å². The van der Waals surface area contributed by atoms with Crippen molar-refractivity contribution in [1.82, 2.24) is 5.32 Å². The molecule has 0 radical (unpaired) electrons. The van der Waals surface area contributed by atoms with Gasteiger partial charge in [-0.3, -0.25) is 4.79 Å². The molecule has 0 saturated heterocycles. The number of benzene rings is 1. The predicted octanol–water partition coefficient (Wildman–Crippen LogP) is 2.13. The molecule has 0 aliphatic heterocycles. The van der Waals surface area contributed by atoms with Gasteiger partial charge in [-0.25, -0.2) is 0 Å². The van der Waals surface area contributed by atoms with Gasteiger partial charge < -0.3 is 14.8 Å². The topological polar surface area (TPSA) is 47.6 Å². The molecule has 18 heavy (non-hydrogen) atoms. The van der Waals surface area contributed by atoms with Gasteiger partial charge in [-0.05, 0) is 24.1 Å². The number of rotatable bonds is 8. The number of hydrogen-bond donors (Lipinski definition) is 1. The van der Waals surface area contributed by atoms with Crippen molar-refractivity contribution in [2.75, 3.05) is 20.3 Å². The van der Waals surface area contributed by atoms with E-state index in [4.69, 9.17) is 9.47 Å². The molecule has 0 bridgehead atoms. The van der Waals surface area contributed by atoms with E-state index in [1.807, 2.05) is 24.3 Å². The zero-order valence-corrected chi connectivity index (χ0v) is 11.1. The smallest absolute Gasteiger partial charge is 0.319 e. The summed E-state index contributed by atoms with van der Waals surface area (Å²) in [7, 11) is 1.64. The molecular formula is C14H21NO3. The third kappa shape index (κ3) is 5.68. The number of esters is 1. The van der Waals surface area contributed by atoms with Gasteiger partial charge in [0.25, 0.3) is 0 Å². The van der Waals surface area contributed by atoms with Gasteiger partial charge >= 0.3 is 5.97 Å². The fourth-order valence-electron chi connectivity index (χ4n) is 1.47. The summed E-state index contributed by atoms with van der Waals surface area (Å²) in [4.78, 5) is 11.3. The Morgan fingerprint density at radius 3 is 2.94 bits per heavy atom. The van der Waals surface area contributed by atoms with Gasteiger partial charge in [0.15, 0.2) is 0 Å². The number of hydrogen-bond acceptors (Lipinski definition) is 4. The Labute approximate surface area is 108 Å². The van der Waals surface area contributed by atoms with E-state index in [0.29, 0.717) is 13.2 Å². The third-order valence-electron chi connectivity index (χ3n) is 2.49. The molecule has 1 N–H and O–H groups in total. The van der Waals surface area contributed by atoms with Crippen molar-refractivity contribution in [2.24, 2.45) is 0 Å². The molecule has 0 saturated carbocycles. The Balaban J connectivity index is 2.22. The average Bonchev–Trinajstić information content (AvgIpc) is 2.39. The molecule has 0 amide bonds. The van der Waals surface area contributed by atoms with Crippen LogP contribution in [0.4, 0.5) is 0 Å². The lowest BCUT2D eigenvalue weighted by Crippen LogP contribution is -2.24. The van der Waals surface area contributed by atoms with Crippen molar-refractivity contribution in [2.45, 2.75) is 26.3 Å². The summed E-state index contributed by atoms with van der Waals surface area (Å²) >= 11 is 0. The van der Waals surface area contributed by atoms with Crippen LogP contribution in [0.1, 0.15) is 25.3 Å². The van der Waals surface area contributed by atoms with Gasteiger partial charge in [0.2, 0.25) is 0 Å². The highest BCUT2D eigenvalue weighted by Gasteiger charge is 2.02. The average molecular weight is 251 g/mol. The third-order valence-corrected chi connectivity index (χ3v) is 2.49. The Kier molecular flexibility index (Phi) is 6.87. The normalized spacial score (nSPS) is 10.1. The van der Waals surface area contributed by atoms with Crippen LogP contribution < -0.4 is 10.1 Å². The number of unbranched alkanes of at least 4 members (excludes halogenated alkanes) is 1. The minimum Gasteiger partial charge on any atom is -0.497 e. The van der Waals surface area contributed by atoms with Crippen molar-refractivity contribution in [3.63, 3.8) is 0 Å². The molecule has 1 rings (SSSR count). The summed E-state index contributed by atoms with van der Waals surface area (Å²) in [5.74, 6) is 0.617. The zero-order valence-electron chi connectivity index (χ0n) is 11.1. The van der Waals surface area contributed by atoms with E-state index >= 15 is 0 Å². The molecule has 1 aromatic carbocycles. The minimum atomic E-state index is -0.202. The first-order chi connectivity index (χ1) is 8.76. The van der Waals surface area contributed by atoms with Crippen molar-refractivity contribution < 1.29 is 14.3 Å². The Morgan fingerprint density at radius 1 is 1.39 bits per heavy atom. The van der Waals surface area contributed by atoms with E-state index in [0.717, 1.165) is 24.2 Å². The highest BCUT2D eigenvalue weighted by atomic mass is 16.5. The van der Waals surface area contributed by atoms with Gasteiger partial charge in [-0.2, -0.15) is 0 Å². The molecule has 4 heteroatoms. The minimum absolute atomic E-state index is 0.202. The van der Waals surface area contributed by atoms with E-state index in [2.05, 4.69) is 12.2 Å². The Morgan fingerprint density at radius 2 is 2.22 bits per heavy atom. The maximum atomic E-state index is 11.3. The molecule has 0 spiro atoms. The maximum absolute atomic E-state index is 11.3. The van der Waals surface area contributed by atoms with Gasteiger partial charge in [0, 0.05) is 6.54 Å². The second-order valence-electron chi connectivity index (χ2n) is 4.03. The summed E-state index contributed by atoms with van der Waals surface area (Å²) in [6, 6.07) is 7.74. The maximum Gasteiger partial charge on any atom is 0.319 e. The fourth-order valence-corrected chi connectivity index (χ4v) is 1.47.